The fourth-order valence-electron chi connectivity index (χ4n) is 4.05. The lowest BCUT2D eigenvalue weighted by Crippen LogP contribution is -2.34. The number of benzene rings is 3. The van der Waals surface area contributed by atoms with E-state index in [-0.39, 0.29) is 11.8 Å². The fourth-order valence-corrected chi connectivity index (χ4v) is 5.53. The number of thioether (sulfide) groups is 1. The molecule has 0 saturated heterocycles. The molecule has 6 nitrogen and oxygen atoms in total. The SMILES string of the molecule is O=C(Nc1ccc(Cl)cc1Cl)C(Sc1ccc(NC(=O)C2CC=CCC2C(=O)O)cc1)c1ccccc1. The van der Waals surface area contributed by atoms with E-state index in [2.05, 4.69) is 10.6 Å². The van der Waals surface area contributed by atoms with E-state index in [1.807, 2.05) is 48.5 Å². The number of anilines is 2. The van der Waals surface area contributed by atoms with Crippen molar-refractivity contribution in [1.29, 1.82) is 0 Å². The van der Waals surface area contributed by atoms with Crippen LogP contribution in [0.1, 0.15) is 23.7 Å². The second-order valence-electron chi connectivity index (χ2n) is 8.53. The quantitative estimate of drug-likeness (QED) is 0.204. The van der Waals surface area contributed by atoms with E-state index < -0.39 is 23.1 Å². The molecule has 3 aromatic carbocycles. The summed E-state index contributed by atoms with van der Waals surface area (Å²) in [5, 5.41) is 15.4. The molecule has 9 heteroatoms. The summed E-state index contributed by atoms with van der Waals surface area (Å²) >= 11 is 13.6. The maximum atomic E-state index is 13.3. The zero-order chi connectivity index (χ0) is 26.4. The van der Waals surface area contributed by atoms with Gasteiger partial charge in [0.2, 0.25) is 11.8 Å². The van der Waals surface area contributed by atoms with E-state index in [1.165, 1.54) is 11.8 Å². The number of nitrogens with one attached hydrogen (secondary N) is 2. The van der Waals surface area contributed by atoms with Gasteiger partial charge in [0.05, 0.1) is 22.5 Å². The Kier molecular flexibility index (Phi) is 8.92. The highest BCUT2D eigenvalue weighted by atomic mass is 35.5. The van der Waals surface area contributed by atoms with Crippen LogP contribution in [0.15, 0.2) is 89.8 Å². The zero-order valence-corrected chi connectivity index (χ0v) is 21.9. The molecule has 0 aliphatic heterocycles. The van der Waals surface area contributed by atoms with Crippen LogP contribution in [0.2, 0.25) is 10.0 Å². The van der Waals surface area contributed by atoms with Crippen molar-refractivity contribution in [3.63, 3.8) is 0 Å². The molecular formula is C28H24Cl2N2O4S. The predicted molar refractivity (Wildman–Crippen MR) is 148 cm³/mol. The van der Waals surface area contributed by atoms with Crippen molar-refractivity contribution in [3.8, 4) is 0 Å². The zero-order valence-electron chi connectivity index (χ0n) is 19.6. The first-order chi connectivity index (χ1) is 17.8. The minimum absolute atomic E-state index is 0.247. The highest BCUT2D eigenvalue weighted by Gasteiger charge is 2.34. The largest absolute Gasteiger partial charge is 0.481 e. The Labute approximate surface area is 229 Å². The topological polar surface area (TPSA) is 95.5 Å². The number of amides is 2. The molecule has 0 radical (unpaired) electrons. The van der Waals surface area contributed by atoms with Gasteiger partial charge in [0.1, 0.15) is 5.25 Å². The first kappa shape index (κ1) is 26.8. The Morgan fingerprint density at radius 2 is 1.54 bits per heavy atom. The van der Waals surface area contributed by atoms with Crippen LogP contribution in [-0.4, -0.2) is 22.9 Å². The van der Waals surface area contributed by atoms with Crippen molar-refractivity contribution in [2.45, 2.75) is 23.0 Å². The van der Waals surface area contributed by atoms with Gasteiger partial charge in [-0.25, -0.2) is 0 Å². The highest BCUT2D eigenvalue weighted by Crippen LogP contribution is 2.38. The van der Waals surface area contributed by atoms with Gasteiger partial charge in [-0.1, -0.05) is 65.7 Å². The number of hydrogen-bond donors (Lipinski definition) is 3. The van der Waals surface area contributed by atoms with Crippen molar-refractivity contribution in [3.05, 3.63) is 101 Å². The molecule has 190 valence electrons. The number of aliphatic carboxylic acids is 1. The van der Waals surface area contributed by atoms with Gasteiger partial charge in [0.15, 0.2) is 0 Å². The van der Waals surface area contributed by atoms with Gasteiger partial charge in [-0.3, -0.25) is 14.4 Å². The fraction of sp³-hybridized carbons (Fsp3) is 0.179. The third-order valence-corrected chi connectivity index (χ3v) is 7.81. The average Bonchev–Trinajstić information content (AvgIpc) is 2.90. The summed E-state index contributed by atoms with van der Waals surface area (Å²) in [5.41, 5.74) is 1.84. The van der Waals surface area contributed by atoms with Gasteiger partial charge >= 0.3 is 5.97 Å². The van der Waals surface area contributed by atoms with Crippen molar-refractivity contribution in [2.75, 3.05) is 10.6 Å². The summed E-state index contributed by atoms with van der Waals surface area (Å²) in [7, 11) is 0. The number of carboxylic acid groups (broad SMARTS) is 1. The van der Waals surface area contributed by atoms with E-state index in [9.17, 15) is 19.5 Å². The molecule has 1 aliphatic rings. The van der Waals surface area contributed by atoms with E-state index in [0.717, 1.165) is 10.5 Å². The summed E-state index contributed by atoms with van der Waals surface area (Å²) in [6.45, 7) is 0. The van der Waals surface area contributed by atoms with Crippen LogP contribution in [0, 0.1) is 11.8 Å². The Morgan fingerprint density at radius 3 is 2.19 bits per heavy atom. The third kappa shape index (κ3) is 6.95. The van der Waals surface area contributed by atoms with Crippen LogP contribution < -0.4 is 10.6 Å². The first-order valence-corrected chi connectivity index (χ1v) is 13.2. The first-order valence-electron chi connectivity index (χ1n) is 11.6. The monoisotopic (exact) mass is 554 g/mol. The van der Waals surface area contributed by atoms with Crippen LogP contribution in [0.3, 0.4) is 0 Å². The summed E-state index contributed by atoms with van der Waals surface area (Å²) in [6.07, 6.45) is 4.37. The molecule has 4 rings (SSSR count). The van der Waals surface area contributed by atoms with Crippen molar-refractivity contribution in [2.24, 2.45) is 11.8 Å². The van der Waals surface area contributed by atoms with Crippen LogP contribution >= 0.6 is 35.0 Å². The van der Waals surface area contributed by atoms with Crippen LogP contribution in [0.25, 0.3) is 0 Å². The van der Waals surface area contributed by atoms with Gasteiger partial charge < -0.3 is 15.7 Å². The lowest BCUT2D eigenvalue weighted by Gasteiger charge is -2.24. The lowest BCUT2D eigenvalue weighted by molar-refractivity contribution is -0.146. The maximum Gasteiger partial charge on any atom is 0.307 e. The lowest BCUT2D eigenvalue weighted by atomic mass is 9.82. The Balaban J connectivity index is 1.47. The number of carboxylic acids is 1. The minimum Gasteiger partial charge on any atom is -0.481 e. The van der Waals surface area contributed by atoms with E-state index in [1.54, 1.807) is 36.4 Å². The number of carbonyl (C=O) groups is 3. The molecule has 1 aliphatic carbocycles. The summed E-state index contributed by atoms with van der Waals surface area (Å²) in [6, 6.07) is 21.4. The molecule has 3 aromatic rings. The third-order valence-electron chi connectivity index (χ3n) is 5.99. The second kappa shape index (κ2) is 12.3. The number of carbonyl (C=O) groups excluding carboxylic acids is 2. The Bertz CT molecular complexity index is 1320. The number of allylic oxidation sites excluding steroid dienone is 2. The number of halogens is 2. The number of rotatable bonds is 8. The van der Waals surface area contributed by atoms with Crippen molar-refractivity contribution >= 4 is 64.1 Å². The molecule has 3 unspecified atom stereocenters. The highest BCUT2D eigenvalue weighted by molar-refractivity contribution is 8.00. The van der Waals surface area contributed by atoms with Crippen molar-refractivity contribution in [1.82, 2.24) is 0 Å². The minimum atomic E-state index is -0.971. The van der Waals surface area contributed by atoms with E-state index >= 15 is 0 Å². The number of hydrogen-bond acceptors (Lipinski definition) is 4. The molecule has 0 heterocycles. The summed E-state index contributed by atoms with van der Waals surface area (Å²) in [4.78, 5) is 38.4. The molecule has 0 fully saturated rings. The van der Waals surface area contributed by atoms with Crippen LogP contribution in [0.5, 0.6) is 0 Å². The van der Waals surface area contributed by atoms with Crippen LogP contribution in [0.4, 0.5) is 11.4 Å². The van der Waals surface area contributed by atoms with Crippen molar-refractivity contribution < 1.29 is 19.5 Å². The Hall–Kier alpha value is -3.26. The average molecular weight is 555 g/mol. The van der Waals surface area contributed by atoms with Gasteiger partial charge in [0, 0.05) is 15.6 Å². The molecule has 2 amide bonds. The molecule has 0 bridgehead atoms. The summed E-state index contributed by atoms with van der Waals surface area (Å²) < 4.78 is 0. The van der Waals surface area contributed by atoms with E-state index in [0.29, 0.717) is 34.3 Å². The molecule has 3 N–H and O–H groups in total. The standard InChI is InChI=1S/C28H24Cl2N2O4S/c29-18-10-15-24(23(30)16-18)32-27(34)25(17-6-2-1-3-7-17)37-20-13-11-19(12-14-20)31-26(33)21-8-4-5-9-22(21)28(35)36/h1-7,10-16,21-22,25H,8-9H2,(H,31,33)(H,32,34)(H,35,36). The van der Waals surface area contributed by atoms with Crippen LogP contribution in [-0.2, 0) is 14.4 Å². The smallest absolute Gasteiger partial charge is 0.307 e. The molecule has 0 saturated carbocycles. The van der Waals surface area contributed by atoms with Gasteiger partial charge in [0.25, 0.3) is 0 Å². The van der Waals surface area contributed by atoms with E-state index in [4.69, 9.17) is 23.2 Å². The second-order valence-corrected chi connectivity index (χ2v) is 10.6. The van der Waals surface area contributed by atoms with Gasteiger partial charge in [-0.05, 0) is 60.9 Å². The molecule has 3 atom stereocenters. The summed E-state index contributed by atoms with van der Waals surface area (Å²) in [5.74, 6) is -2.90. The maximum absolute atomic E-state index is 13.3. The normalized spacial score (nSPS) is 17.6. The van der Waals surface area contributed by atoms with Gasteiger partial charge in [-0.2, -0.15) is 0 Å². The van der Waals surface area contributed by atoms with Gasteiger partial charge in [-0.15, -0.1) is 11.8 Å². The molecule has 0 spiro atoms. The molecular weight excluding hydrogens is 531 g/mol. The Morgan fingerprint density at radius 1 is 0.865 bits per heavy atom. The molecule has 0 aromatic heterocycles. The molecule has 37 heavy (non-hydrogen) atoms. The predicted octanol–water partition coefficient (Wildman–Crippen LogP) is 7.07.